The summed E-state index contributed by atoms with van der Waals surface area (Å²) in [5.74, 6) is 0. The van der Waals surface area contributed by atoms with Gasteiger partial charge < -0.3 is 5.73 Å². The maximum atomic E-state index is 13.3. The zero-order valence-electron chi connectivity index (χ0n) is 7.11. The molecule has 0 rings (SSSR count). The van der Waals surface area contributed by atoms with Crippen LogP contribution in [0.15, 0.2) is 11.6 Å². The topological polar surface area (TPSA) is 26.0 Å². The third kappa shape index (κ3) is 2.97. The average molecular weight is 145 g/mol. The molecular weight excluding hydrogens is 129 g/mol. The second kappa shape index (κ2) is 3.15. The second-order valence-electron chi connectivity index (χ2n) is 3.16. The van der Waals surface area contributed by atoms with E-state index in [9.17, 15) is 4.39 Å². The first-order valence-corrected chi connectivity index (χ1v) is 3.47. The van der Waals surface area contributed by atoms with Gasteiger partial charge in [0.2, 0.25) is 0 Å². The molecule has 0 saturated carbocycles. The minimum absolute atomic E-state index is 0.442. The Morgan fingerprint density at radius 1 is 1.60 bits per heavy atom. The number of alkyl halides is 1. The van der Waals surface area contributed by atoms with Crippen molar-refractivity contribution in [2.24, 2.45) is 5.73 Å². The van der Waals surface area contributed by atoms with Gasteiger partial charge in [0.05, 0.1) is 0 Å². The lowest BCUT2D eigenvalue weighted by Crippen LogP contribution is -2.37. The molecule has 10 heavy (non-hydrogen) atoms. The molecule has 2 unspecified atom stereocenters. The lowest BCUT2D eigenvalue weighted by molar-refractivity contribution is 0.218. The van der Waals surface area contributed by atoms with E-state index in [-0.39, 0.29) is 0 Å². The van der Waals surface area contributed by atoms with Crippen molar-refractivity contribution in [3.05, 3.63) is 11.6 Å². The Labute approximate surface area is 62.1 Å². The van der Waals surface area contributed by atoms with E-state index >= 15 is 0 Å². The van der Waals surface area contributed by atoms with Crippen molar-refractivity contribution in [2.75, 3.05) is 0 Å². The van der Waals surface area contributed by atoms with Gasteiger partial charge in [-0.1, -0.05) is 5.57 Å². The lowest BCUT2D eigenvalue weighted by atomic mass is 9.98. The number of rotatable bonds is 2. The SMILES string of the molecule is CC(C)=CC(C)(F)C(C)N. The molecule has 0 spiro atoms. The smallest absolute Gasteiger partial charge is 0.141 e. The second-order valence-corrected chi connectivity index (χ2v) is 3.16. The Hall–Kier alpha value is -0.370. The van der Waals surface area contributed by atoms with Crippen molar-refractivity contribution in [2.45, 2.75) is 39.4 Å². The van der Waals surface area contributed by atoms with Crippen LogP contribution in [-0.4, -0.2) is 11.7 Å². The van der Waals surface area contributed by atoms with Crippen LogP contribution in [-0.2, 0) is 0 Å². The van der Waals surface area contributed by atoms with Gasteiger partial charge in [-0.05, 0) is 33.8 Å². The van der Waals surface area contributed by atoms with E-state index < -0.39 is 11.7 Å². The summed E-state index contributed by atoms with van der Waals surface area (Å²) >= 11 is 0. The van der Waals surface area contributed by atoms with Crippen LogP contribution >= 0.6 is 0 Å². The minimum Gasteiger partial charge on any atom is -0.325 e. The zero-order chi connectivity index (χ0) is 8.36. The van der Waals surface area contributed by atoms with Gasteiger partial charge in [0, 0.05) is 6.04 Å². The molecule has 0 aliphatic rings. The van der Waals surface area contributed by atoms with E-state index in [1.165, 1.54) is 6.92 Å². The van der Waals surface area contributed by atoms with Crippen LogP contribution in [0.2, 0.25) is 0 Å². The minimum atomic E-state index is -1.36. The summed E-state index contributed by atoms with van der Waals surface area (Å²) in [6.45, 7) is 6.88. The van der Waals surface area contributed by atoms with Crippen molar-refractivity contribution in [3.63, 3.8) is 0 Å². The van der Waals surface area contributed by atoms with Gasteiger partial charge in [-0.25, -0.2) is 4.39 Å². The van der Waals surface area contributed by atoms with Crippen LogP contribution in [0.1, 0.15) is 27.7 Å². The highest BCUT2D eigenvalue weighted by Gasteiger charge is 2.24. The fourth-order valence-corrected chi connectivity index (χ4v) is 0.696. The summed E-state index contributed by atoms with van der Waals surface area (Å²) < 4.78 is 13.3. The summed E-state index contributed by atoms with van der Waals surface area (Å²) in [6, 6.07) is -0.442. The molecular formula is C8H16FN. The van der Waals surface area contributed by atoms with Crippen molar-refractivity contribution >= 4 is 0 Å². The highest BCUT2D eigenvalue weighted by Crippen LogP contribution is 2.17. The first-order chi connectivity index (χ1) is 4.36. The number of halogens is 1. The maximum absolute atomic E-state index is 13.3. The standard InChI is InChI=1S/C8H16FN/c1-6(2)5-8(4,9)7(3)10/h5,7H,10H2,1-4H3. The molecule has 0 saturated heterocycles. The third-order valence-corrected chi connectivity index (χ3v) is 1.46. The van der Waals surface area contributed by atoms with Crippen LogP contribution in [0, 0.1) is 0 Å². The van der Waals surface area contributed by atoms with Crippen molar-refractivity contribution in [1.82, 2.24) is 0 Å². The largest absolute Gasteiger partial charge is 0.325 e. The number of allylic oxidation sites excluding steroid dienone is 1. The molecule has 0 aromatic rings. The Morgan fingerprint density at radius 2 is 2.00 bits per heavy atom. The van der Waals surface area contributed by atoms with Gasteiger partial charge in [0.1, 0.15) is 5.67 Å². The number of hydrogen-bond acceptors (Lipinski definition) is 1. The van der Waals surface area contributed by atoms with Crippen LogP contribution < -0.4 is 5.73 Å². The van der Waals surface area contributed by atoms with Crippen molar-refractivity contribution < 1.29 is 4.39 Å². The molecule has 0 radical (unpaired) electrons. The molecule has 60 valence electrons. The van der Waals surface area contributed by atoms with Crippen molar-refractivity contribution in [3.8, 4) is 0 Å². The maximum Gasteiger partial charge on any atom is 0.141 e. The molecule has 2 atom stereocenters. The van der Waals surface area contributed by atoms with E-state index in [2.05, 4.69) is 0 Å². The molecule has 0 aromatic carbocycles. The molecule has 0 aromatic heterocycles. The predicted octanol–water partition coefficient (Wildman–Crippen LogP) is 2.03. The molecule has 0 heterocycles. The van der Waals surface area contributed by atoms with E-state index in [0.717, 1.165) is 5.57 Å². The predicted molar refractivity (Wildman–Crippen MR) is 42.6 cm³/mol. The molecule has 0 fully saturated rings. The molecule has 0 bridgehead atoms. The van der Waals surface area contributed by atoms with Crippen molar-refractivity contribution in [1.29, 1.82) is 0 Å². The Balaban J connectivity index is 4.27. The molecule has 0 amide bonds. The van der Waals surface area contributed by atoms with E-state index in [4.69, 9.17) is 5.73 Å². The molecule has 0 aliphatic carbocycles. The Bertz CT molecular complexity index is 132. The first kappa shape index (κ1) is 9.63. The lowest BCUT2D eigenvalue weighted by Gasteiger charge is -2.20. The third-order valence-electron chi connectivity index (χ3n) is 1.46. The van der Waals surface area contributed by atoms with Gasteiger partial charge in [0.15, 0.2) is 0 Å². The zero-order valence-corrected chi connectivity index (χ0v) is 7.11. The van der Waals surface area contributed by atoms with Gasteiger partial charge in [-0.3, -0.25) is 0 Å². The van der Waals surface area contributed by atoms with Crippen LogP contribution in [0.4, 0.5) is 4.39 Å². The number of hydrogen-bond donors (Lipinski definition) is 1. The van der Waals surface area contributed by atoms with E-state index in [0.29, 0.717) is 0 Å². The summed E-state index contributed by atoms with van der Waals surface area (Å²) in [6.07, 6.45) is 1.55. The molecule has 2 N–H and O–H groups in total. The normalized spacial score (nSPS) is 19.4. The summed E-state index contributed by atoms with van der Waals surface area (Å²) in [4.78, 5) is 0. The fourth-order valence-electron chi connectivity index (χ4n) is 0.696. The van der Waals surface area contributed by atoms with Crippen LogP contribution in [0.3, 0.4) is 0 Å². The van der Waals surface area contributed by atoms with Crippen LogP contribution in [0.5, 0.6) is 0 Å². The molecule has 2 heteroatoms. The summed E-state index contributed by atoms with van der Waals surface area (Å²) in [5, 5.41) is 0. The summed E-state index contributed by atoms with van der Waals surface area (Å²) in [7, 11) is 0. The van der Waals surface area contributed by atoms with Gasteiger partial charge in [-0.2, -0.15) is 0 Å². The highest BCUT2D eigenvalue weighted by atomic mass is 19.1. The average Bonchev–Trinajstić information content (AvgIpc) is 1.60. The monoisotopic (exact) mass is 145 g/mol. The highest BCUT2D eigenvalue weighted by molar-refractivity contribution is 5.08. The number of nitrogens with two attached hydrogens (primary N) is 1. The van der Waals surface area contributed by atoms with E-state index in [1.807, 2.05) is 13.8 Å². The first-order valence-electron chi connectivity index (χ1n) is 3.47. The quantitative estimate of drug-likeness (QED) is 0.591. The molecule has 1 nitrogen and oxygen atoms in total. The Morgan fingerprint density at radius 3 is 2.10 bits per heavy atom. The van der Waals surface area contributed by atoms with Gasteiger partial charge in [0.25, 0.3) is 0 Å². The van der Waals surface area contributed by atoms with Gasteiger partial charge in [-0.15, -0.1) is 0 Å². The molecule has 0 aliphatic heterocycles. The van der Waals surface area contributed by atoms with E-state index in [1.54, 1.807) is 13.0 Å². The Kier molecular flexibility index (Phi) is 3.03. The van der Waals surface area contributed by atoms with Gasteiger partial charge >= 0.3 is 0 Å². The van der Waals surface area contributed by atoms with Crippen LogP contribution in [0.25, 0.3) is 0 Å². The summed E-state index contributed by atoms with van der Waals surface area (Å²) in [5.41, 5.74) is 5.00. The fraction of sp³-hybridized carbons (Fsp3) is 0.750.